The Labute approximate surface area is 85.8 Å². The van der Waals surface area contributed by atoms with Crippen molar-refractivity contribution >= 4 is 23.6 Å². The predicted molar refractivity (Wildman–Crippen MR) is 51.3 cm³/mol. The third kappa shape index (κ3) is 2.74. The molecule has 0 radical (unpaired) electrons. The van der Waals surface area contributed by atoms with Gasteiger partial charge in [0.2, 0.25) is 0 Å². The largest absolute Gasteiger partial charge is 0.453 e. The molecule has 5 heteroatoms. The number of amides is 2. The molecule has 0 unspecified atom stereocenters. The second-order valence-electron chi connectivity index (χ2n) is 2.45. The summed E-state index contributed by atoms with van der Waals surface area (Å²) in [7, 11) is 1.18. The molecule has 0 spiro atoms. The first-order chi connectivity index (χ1) is 6.63. The molecule has 4 nitrogen and oxygen atoms in total. The predicted octanol–water partition coefficient (Wildman–Crippen LogP) is 1.84. The summed E-state index contributed by atoms with van der Waals surface area (Å²) < 4.78 is 4.27. The monoisotopic (exact) mass is 213 g/mol. The van der Waals surface area contributed by atoms with Gasteiger partial charge in [0.25, 0.3) is 5.91 Å². The Bertz CT molecular complexity index is 348. The van der Waals surface area contributed by atoms with Crippen molar-refractivity contribution in [2.75, 3.05) is 7.11 Å². The molecule has 0 saturated carbocycles. The number of halogens is 1. The van der Waals surface area contributed by atoms with E-state index < -0.39 is 12.0 Å². The number of methoxy groups -OCH3 is 1. The van der Waals surface area contributed by atoms with Crippen LogP contribution in [0.2, 0.25) is 5.02 Å². The van der Waals surface area contributed by atoms with Gasteiger partial charge >= 0.3 is 6.09 Å². The zero-order valence-electron chi connectivity index (χ0n) is 7.41. The van der Waals surface area contributed by atoms with Crippen molar-refractivity contribution in [1.82, 2.24) is 5.32 Å². The highest BCUT2D eigenvalue weighted by molar-refractivity contribution is 6.30. The molecular formula is C9H8ClNO3. The van der Waals surface area contributed by atoms with E-state index in [0.29, 0.717) is 10.6 Å². The van der Waals surface area contributed by atoms with E-state index in [1.165, 1.54) is 19.2 Å². The summed E-state index contributed by atoms with van der Waals surface area (Å²) in [6.07, 6.45) is -0.787. The number of ether oxygens (including phenoxy) is 1. The maximum absolute atomic E-state index is 11.3. The van der Waals surface area contributed by atoms with Crippen LogP contribution in [-0.4, -0.2) is 19.1 Å². The maximum Gasteiger partial charge on any atom is 0.413 e. The van der Waals surface area contributed by atoms with Gasteiger partial charge in [0, 0.05) is 10.6 Å². The number of benzene rings is 1. The minimum absolute atomic E-state index is 0.347. The van der Waals surface area contributed by atoms with Crippen LogP contribution in [0.4, 0.5) is 4.79 Å². The first-order valence-electron chi connectivity index (χ1n) is 3.78. The van der Waals surface area contributed by atoms with Crippen molar-refractivity contribution in [2.45, 2.75) is 0 Å². The number of hydrogen-bond acceptors (Lipinski definition) is 3. The van der Waals surface area contributed by atoms with E-state index in [2.05, 4.69) is 4.74 Å². The fraction of sp³-hybridized carbons (Fsp3) is 0.111. The third-order valence-corrected chi connectivity index (χ3v) is 1.76. The minimum Gasteiger partial charge on any atom is -0.453 e. The molecule has 0 saturated heterocycles. The summed E-state index contributed by atoms with van der Waals surface area (Å²) in [5.41, 5.74) is 0.347. The highest BCUT2D eigenvalue weighted by Gasteiger charge is 2.09. The van der Waals surface area contributed by atoms with E-state index in [1.54, 1.807) is 12.1 Å². The summed E-state index contributed by atoms with van der Waals surface area (Å²) in [6.45, 7) is 0. The third-order valence-electron chi connectivity index (χ3n) is 1.51. The van der Waals surface area contributed by atoms with E-state index in [1.807, 2.05) is 5.32 Å². The average Bonchev–Trinajstić information content (AvgIpc) is 2.18. The second kappa shape index (κ2) is 4.62. The van der Waals surface area contributed by atoms with Crippen LogP contribution in [0.3, 0.4) is 0 Å². The first-order valence-corrected chi connectivity index (χ1v) is 4.16. The van der Waals surface area contributed by atoms with Crippen LogP contribution >= 0.6 is 11.6 Å². The SMILES string of the molecule is COC(=O)NC(=O)c1ccc(Cl)cc1. The summed E-state index contributed by atoms with van der Waals surface area (Å²) in [6, 6.07) is 6.16. The van der Waals surface area contributed by atoms with Gasteiger partial charge in [0.15, 0.2) is 0 Å². The standard InChI is InChI=1S/C9H8ClNO3/c1-14-9(13)11-8(12)6-2-4-7(10)5-3-6/h2-5H,1H3,(H,11,12,13). The Morgan fingerprint density at radius 1 is 1.29 bits per heavy atom. The Morgan fingerprint density at radius 3 is 2.36 bits per heavy atom. The molecule has 2 amide bonds. The maximum atomic E-state index is 11.3. The Kier molecular flexibility index (Phi) is 3.48. The van der Waals surface area contributed by atoms with Gasteiger partial charge in [-0.3, -0.25) is 10.1 Å². The summed E-state index contributed by atoms with van der Waals surface area (Å²) in [4.78, 5) is 22.0. The molecule has 14 heavy (non-hydrogen) atoms. The smallest absolute Gasteiger partial charge is 0.413 e. The first kappa shape index (κ1) is 10.5. The van der Waals surface area contributed by atoms with Gasteiger partial charge < -0.3 is 4.74 Å². The quantitative estimate of drug-likeness (QED) is 0.775. The fourth-order valence-corrected chi connectivity index (χ4v) is 0.943. The zero-order valence-corrected chi connectivity index (χ0v) is 8.17. The van der Waals surface area contributed by atoms with Gasteiger partial charge in [-0.1, -0.05) is 11.6 Å². The lowest BCUT2D eigenvalue weighted by atomic mass is 10.2. The second-order valence-corrected chi connectivity index (χ2v) is 2.89. The van der Waals surface area contributed by atoms with E-state index in [0.717, 1.165) is 0 Å². The molecule has 0 aliphatic heterocycles. The molecule has 0 atom stereocenters. The van der Waals surface area contributed by atoms with Gasteiger partial charge in [-0.25, -0.2) is 4.79 Å². The fourth-order valence-electron chi connectivity index (χ4n) is 0.817. The van der Waals surface area contributed by atoms with Crippen LogP contribution < -0.4 is 5.32 Å². The molecule has 0 aliphatic rings. The molecule has 0 aliphatic carbocycles. The molecule has 1 aromatic carbocycles. The normalized spacial score (nSPS) is 9.29. The molecule has 0 fully saturated rings. The van der Waals surface area contributed by atoms with Gasteiger partial charge in [-0.05, 0) is 24.3 Å². The van der Waals surface area contributed by atoms with E-state index in [9.17, 15) is 9.59 Å². The molecule has 74 valence electrons. The lowest BCUT2D eigenvalue weighted by Gasteiger charge is -2.01. The van der Waals surface area contributed by atoms with Crippen molar-refractivity contribution in [3.05, 3.63) is 34.9 Å². The Morgan fingerprint density at radius 2 is 1.86 bits per heavy atom. The molecule has 1 rings (SSSR count). The summed E-state index contributed by atoms with van der Waals surface area (Å²) in [5.74, 6) is -0.520. The van der Waals surface area contributed by atoms with Gasteiger partial charge in [0.05, 0.1) is 7.11 Å². The van der Waals surface area contributed by atoms with Gasteiger partial charge in [-0.2, -0.15) is 0 Å². The summed E-state index contributed by atoms with van der Waals surface area (Å²) in [5, 5.41) is 2.55. The number of nitrogens with one attached hydrogen (secondary N) is 1. The van der Waals surface area contributed by atoms with Crippen LogP contribution in [0, 0.1) is 0 Å². The minimum atomic E-state index is -0.787. The molecule has 0 bridgehead atoms. The van der Waals surface area contributed by atoms with Crippen molar-refractivity contribution in [1.29, 1.82) is 0 Å². The van der Waals surface area contributed by atoms with Crippen LogP contribution in [0.15, 0.2) is 24.3 Å². The number of alkyl carbamates (subject to hydrolysis) is 1. The van der Waals surface area contributed by atoms with Crippen LogP contribution in [0.5, 0.6) is 0 Å². The molecule has 1 aromatic rings. The number of imide groups is 1. The number of carbonyl (C=O) groups is 2. The van der Waals surface area contributed by atoms with Gasteiger partial charge in [0.1, 0.15) is 0 Å². The lowest BCUT2D eigenvalue weighted by molar-refractivity contribution is 0.0937. The molecule has 1 N–H and O–H groups in total. The van der Waals surface area contributed by atoms with Crippen molar-refractivity contribution < 1.29 is 14.3 Å². The Balaban J connectivity index is 2.70. The van der Waals surface area contributed by atoms with E-state index >= 15 is 0 Å². The highest BCUT2D eigenvalue weighted by Crippen LogP contribution is 2.09. The summed E-state index contributed by atoms with van der Waals surface area (Å²) >= 11 is 5.63. The topological polar surface area (TPSA) is 55.4 Å². The molecule has 0 heterocycles. The molecule has 0 aromatic heterocycles. The van der Waals surface area contributed by atoms with Crippen molar-refractivity contribution in [3.63, 3.8) is 0 Å². The van der Waals surface area contributed by atoms with Crippen molar-refractivity contribution in [2.24, 2.45) is 0 Å². The number of rotatable bonds is 1. The lowest BCUT2D eigenvalue weighted by Crippen LogP contribution is -2.30. The number of carbonyl (C=O) groups excluding carboxylic acids is 2. The van der Waals surface area contributed by atoms with Crippen LogP contribution in [-0.2, 0) is 4.74 Å². The zero-order chi connectivity index (χ0) is 10.6. The molecular weight excluding hydrogens is 206 g/mol. The van der Waals surface area contributed by atoms with E-state index in [4.69, 9.17) is 11.6 Å². The highest BCUT2D eigenvalue weighted by atomic mass is 35.5. The van der Waals surface area contributed by atoms with Crippen LogP contribution in [0.1, 0.15) is 10.4 Å². The van der Waals surface area contributed by atoms with Crippen molar-refractivity contribution in [3.8, 4) is 0 Å². The van der Waals surface area contributed by atoms with E-state index in [-0.39, 0.29) is 0 Å². The number of hydrogen-bond donors (Lipinski definition) is 1. The van der Waals surface area contributed by atoms with Crippen LogP contribution in [0.25, 0.3) is 0 Å². The van der Waals surface area contributed by atoms with Gasteiger partial charge in [-0.15, -0.1) is 0 Å². The Hall–Kier alpha value is -1.55. The average molecular weight is 214 g/mol.